The number of hydrogen-bond donors (Lipinski definition) is 2. The Balaban J connectivity index is 1.97. The minimum Gasteiger partial charge on any atom is -0.497 e. The molecular formula is C21H29FN2O4S. The summed E-state index contributed by atoms with van der Waals surface area (Å²) in [5, 5.41) is 3.25. The third-order valence-electron chi connectivity index (χ3n) is 4.16. The average Bonchev–Trinajstić information content (AvgIpc) is 2.64. The van der Waals surface area contributed by atoms with Crippen LogP contribution in [0.3, 0.4) is 0 Å². The Kier molecular flexibility index (Phi) is 7.62. The van der Waals surface area contributed by atoms with Crippen molar-refractivity contribution in [2.75, 3.05) is 20.8 Å². The second-order valence-corrected chi connectivity index (χ2v) is 9.40. The Morgan fingerprint density at radius 3 is 2.28 bits per heavy atom. The van der Waals surface area contributed by atoms with Crippen molar-refractivity contribution >= 4 is 10.0 Å². The molecule has 0 aliphatic rings. The van der Waals surface area contributed by atoms with Crippen molar-refractivity contribution in [3.8, 4) is 11.5 Å². The molecule has 0 aromatic heterocycles. The average molecular weight is 425 g/mol. The van der Waals surface area contributed by atoms with Crippen LogP contribution in [0.25, 0.3) is 0 Å². The van der Waals surface area contributed by atoms with E-state index in [0.717, 1.165) is 11.6 Å². The van der Waals surface area contributed by atoms with Crippen LogP contribution in [-0.4, -0.2) is 34.7 Å². The van der Waals surface area contributed by atoms with Crippen LogP contribution in [0.1, 0.15) is 31.9 Å². The highest BCUT2D eigenvalue weighted by Gasteiger charge is 2.22. The molecule has 2 aromatic carbocycles. The first-order valence-corrected chi connectivity index (χ1v) is 10.8. The first kappa shape index (κ1) is 23.1. The van der Waals surface area contributed by atoms with Crippen molar-refractivity contribution < 1.29 is 22.3 Å². The van der Waals surface area contributed by atoms with E-state index in [1.807, 2.05) is 18.2 Å². The molecule has 0 unspecified atom stereocenters. The van der Waals surface area contributed by atoms with E-state index in [2.05, 4.69) is 10.0 Å². The molecule has 2 rings (SSSR count). The normalized spacial score (nSPS) is 12.1. The predicted octanol–water partition coefficient (Wildman–Crippen LogP) is 3.25. The van der Waals surface area contributed by atoms with Gasteiger partial charge in [-0.2, -0.15) is 0 Å². The second-order valence-electron chi connectivity index (χ2n) is 7.71. The molecule has 0 aliphatic carbocycles. The summed E-state index contributed by atoms with van der Waals surface area (Å²) in [4.78, 5) is -0.0791. The van der Waals surface area contributed by atoms with Gasteiger partial charge in [0, 0.05) is 23.7 Å². The summed E-state index contributed by atoms with van der Waals surface area (Å²) >= 11 is 0. The van der Waals surface area contributed by atoms with E-state index in [4.69, 9.17) is 9.47 Å². The molecule has 0 fully saturated rings. The zero-order chi connectivity index (χ0) is 21.7. The van der Waals surface area contributed by atoms with Gasteiger partial charge in [0.05, 0.1) is 19.1 Å². The lowest BCUT2D eigenvalue weighted by molar-refractivity contribution is 0.390. The van der Waals surface area contributed by atoms with Crippen LogP contribution in [0, 0.1) is 5.82 Å². The van der Waals surface area contributed by atoms with E-state index >= 15 is 0 Å². The summed E-state index contributed by atoms with van der Waals surface area (Å²) in [7, 11) is -0.572. The molecule has 0 atom stereocenters. The summed E-state index contributed by atoms with van der Waals surface area (Å²) in [5.41, 5.74) is 0.776. The lowest BCUT2D eigenvalue weighted by Crippen LogP contribution is -2.40. The Morgan fingerprint density at radius 2 is 1.69 bits per heavy atom. The zero-order valence-corrected chi connectivity index (χ0v) is 18.3. The number of sulfonamides is 1. The van der Waals surface area contributed by atoms with Crippen LogP contribution in [0.2, 0.25) is 0 Å². The van der Waals surface area contributed by atoms with Crippen molar-refractivity contribution in [2.45, 2.75) is 44.2 Å². The van der Waals surface area contributed by atoms with Gasteiger partial charge in [-0.1, -0.05) is 12.1 Å². The number of halogens is 1. The Bertz CT molecular complexity index is 940. The number of hydrogen-bond acceptors (Lipinski definition) is 5. The molecule has 0 spiro atoms. The molecule has 8 heteroatoms. The lowest BCUT2D eigenvalue weighted by Gasteiger charge is -2.20. The van der Waals surface area contributed by atoms with Crippen LogP contribution >= 0.6 is 0 Å². The predicted molar refractivity (Wildman–Crippen MR) is 111 cm³/mol. The minimum absolute atomic E-state index is 0.0791. The van der Waals surface area contributed by atoms with E-state index in [9.17, 15) is 12.8 Å². The Hall–Kier alpha value is -2.16. The van der Waals surface area contributed by atoms with Gasteiger partial charge < -0.3 is 14.8 Å². The highest BCUT2D eigenvalue weighted by molar-refractivity contribution is 7.89. The topological polar surface area (TPSA) is 76.7 Å². The first-order valence-electron chi connectivity index (χ1n) is 9.30. The molecule has 0 saturated carbocycles. The molecule has 2 aromatic rings. The van der Waals surface area contributed by atoms with Gasteiger partial charge in [0.2, 0.25) is 10.0 Å². The molecule has 0 bridgehead atoms. The fourth-order valence-corrected chi connectivity index (χ4v) is 4.23. The molecule has 6 nitrogen and oxygen atoms in total. The van der Waals surface area contributed by atoms with Crippen molar-refractivity contribution in [1.82, 2.24) is 10.0 Å². The molecule has 0 amide bonds. The highest BCUT2D eigenvalue weighted by atomic mass is 32.2. The maximum Gasteiger partial charge on any atom is 0.241 e. The summed E-state index contributed by atoms with van der Waals surface area (Å²) in [6.45, 7) is 6.28. The van der Waals surface area contributed by atoms with E-state index in [1.165, 1.54) is 12.1 Å². The van der Waals surface area contributed by atoms with Gasteiger partial charge in [0.15, 0.2) is 0 Å². The van der Waals surface area contributed by atoms with Gasteiger partial charge in [-0.15, -0.1) is 0 Å². The zero-order valence-electron chi connectivity index (χ0n) is 17.5. The molecule has 0 heterocycles. The van der Waals surface area contributed by atoms with Gasteiger partial charge >= 0.3 is 0 Å². The minimum atomic E-state index is -3.76. The quantitative estimate of drug-likeness (QED) is 0.605. The van der Waals surface area contributed by atoms with Gasteiger partial charge in [-0.05, 0) is 57.5 Å². The third kappa shape index (κ3) is 6.69. The van der Waals surface area contributed by atoms with Crippen molar-refractivity contribution in [3.05, 3.63) is 53.3 Å². The maximum absolute atomic E-state index is 14.4. The molecule has 0 aliphatic heterocycles. The molecule has 160 valence electrons. The molecule has 29 heavy (non-hydrogen) atoms. The van der Waals surface area contributed by atoms with E-state index in [0.29, 0.717) is 36.6 Å². The van der Waals surface area contributed by atoms with Crippen LogP contribution in [0.5, 0.6) is 11.5 Å². The van der Waals surface area contributed by atoms with Gasteiger partial charge in [-0.25, -0.2) is 17.5 Å². The van der Waals surface area contributed by atoms with Gasteiger partial charge in [-0.3, -0.25) is 0 Å². The first-order chi connectivity index (χ1) is 13.6. The van der Waals surface area contributed by atoms with Gasteiger partial charge in [0.1, 0.15) is 17.3 Å². The summed E-state index contributed by atoms with van der Waals surface area (Å²) < 4.78 is 52.1. The van der Waals surface area contributed by atoms with E-state index < -0.39 is 21.4 Å². The fourth-order valence-electron chi connectivity index (χ4n) is 2.80. The second kappa shape index (κ2) is 9.56. The van der Waals surface area contributed by atoms with E-state index in [-0.39, 0.29) is 4.90 Å². The number of nitrogens with one attached hydrogen (secondary N) is 2. The van der Waals surface area contributed by atoms with E-state index in [1.54, 1.807) is 35.0 Å². The largest absolute Gasteiger partial charge is 0.497 e. The number of benzene rings is 2. The summed E-state index contributed by atoms with van der Waals surface area (Å²) in [6.07, 6.45) is 0.428. The van der Waals surface area contributed by atoms with Crippen molar-refractivity contribution in [1.29, 1.82) is 0 Å². The fraction of sp³-hybridized carbons (Fsp3) is 0.429. The van der Waals surface area contributed by atoms with Crippen LogP contribution in [0.4, 0.5) is 4.39 Å². The smallest absolute Gasteiger partial charge is 0.241 e. The molecule has 0 radical (unpaired) electrons. The van der Waals surface area contributed by atoms with Crippen molar-refractivity contribution in [3.63, 3.8) is 0 Å². The van der Waals surface area contributed by atoms with Gasteiger partial charge in [0.25, 0.3) is 0 Å². The lowest BCUT2D eigenvalue weighted by atomic mass is 10.1. The maximum atomic E-state index is 14.4. The Labute approximate surface area is 172 Å². The number of rotatable bonds is 9. The van der Waals surface area contributed by atoms with Crippen LogP contribution < -0.4 is 19.5 Å². The monoisotopic (exact) mass is 424 g/mol. The Morgan fingerprint density at radius 1 is 1.00 bits per heavy atom. The molecule has 2 N–H and O–H groups in total. The van der Waals surface area contributed by atoms with Crippen LogP contribution in [0.15, 0.2) is 41.3 Å². The number of ether oxygens (including phenoxy) is 2. The SMILES string of the molecule is COc1ccc(CNCCc2ccc(S(=O)(=O)NC(C)(C)C)cc2F)c(OC)c1. The van der Waals surface area contributed by atoms with Crippen molar-refractivity contribution in [2.24, 2.45) is 0 Å². The standard InChI is InChI=1S/C21H29FN2O4S/c1-21(2,3)24-29(25,26)18-9-7-15(19(22)13-18)10-11-23-14-16-6-8-17(27-4)12-20(16)28-5/h6-9,12-13,23-24H,10-11,14H2,1-5H3. The summed E-state index contributed by atoms with van der Waals surface area (Å²) in [5.74, 6) is 0.887. The molecule has 0 saturated heterocycles. The summed E-state index contributed by atoms with van der Waals surface area (Å²) in [6, 6.07) is 9.58. The molecular weight excluding hydrogens is 395 g/mol. The highest BCUT2D eigenvalue weighted by Crippen LogP contribution is 2.24. The third-order valence-corrected chi connectivity index (χ3v) is 5.91. The van der Waals surface area contributed by atoms with Crippen LogP contribution in [-0.2, 0) is 23.0 Å². The number of methoxy groups -OCH3 is 2.